The average Bonchev–Trinajstić information content (AvgIpc) is 2.83. The van der Waals surface area contributed by atoms with Crippen LogP contribution in [-0.4, -0.2) is 20.3 Å². The second kappa shape index (κ2) is 3.67. The van der Waals surface area contributed by atoms with E-state index in [1.807, 2.05) is 0 Å². The van der Waals surface area contributed by atoms with E-state index in [0.717, 1.165) is 0 Å². The third kappa shape index (κ3) is 1.68. The zero-order valence-electron chi connectivity index (χ0n) is 8.46. The van der Waals surface area contributed by atoms with Gasteiger partial charge in [-0.15, -0.1) is 0 Å². The molecule has 6 nitrogen and oxygen atoms in total. The molecule has 0 atom stereocenters. The Hall–Kier alpha value is -2.21. The van der Waals surface area contributed by atoms with Crippen molar-refractivity contribution in [1.82, 2.24) is 20.3 Å². The minimum Gasteiger partial charge on any atom is -0.594 e. The third-order valence-corrected chi connectivity index (χ3v) is 2.52. The van der Waals surface area contributed by atoms with Gasteiger partial charge in [-0.3, -0.25) is 5.10 Å². The van der Waals surface area contributed by atoms with E-state index in [2.05, 4.69) is 20.3 Å². The Morgan fingerprint density at radius 1 is 1.29 bits per heavy atom. The first-order valence-electron chi connectivity index (χ1n) is 4.81. The summed E-state index contributed by atoms with van der Waals surface area (Å²) in [6.45, 7) is 0. The van der Waals surface area contributed by atoms with Crippen molar-refractivity contribution in [3.63, 3.8) is 0 Å². The summed E-state index contributed by atoms with van der Waals surface area (Å²) >= 11 is 5.80. The van der Waals surface area contributed by atoms with Crippen LogP contribution in [0, 0.1) is 5.21 Å². The van der Waals surface area contributed by atoms with Gasteiger partial charge in [-0.25, -0.2) is 4.98 Å². The number of fused-ring (bicyclic) bond motifs is 1. The lowest BCUT2D eigenvalue weighted by Gasteiger charge is -2.00. The van der Waals surface area contributed by atoms with E-state index in [1.54, 1.807) is 24.4 Å². The Morgan fingerprint density at radius 2 is 2.18 bits per heavy atom. The average molecular weight is 248 g/mol. The molecule has 2 heterocycles. The molecule has 0 spiro atoms. The van der Waals surface area contributed by atoms with Crippen LogP contribution >= 0.6 is 11.6 Å². The lowest BCUT2D eigenvalue weighted by atomic mass is 10.3. The van der Waals surface area contributed by atoms with Crippen molar-refractivity contribution in [3.8, 4) is 11.5 Å². The minimum atomic E-state index is 0.274. The quantitative estimate of drug-likeness (QED) is 0.519. The highest BCUT2D eigenvalue weighted by Crippen LogP contribution is 2.16. The lowest BCUT2D eigenvalue weighted by Crippen LogP contribution is -2.33. The first kappa shape index (κ1) is 9.98. The number of aromatic amines is 1. The predicted octanol–water partition coefficient (Wildman–Crippen LogP) is 1.31. The van der Waals surface area contributed by atoms with Crippen molar-refractivity contribution in [2.24, 2.45) is 0 Å². The number of nitrogens with zero attached hydrogens (tertiary/aromatic N) is 4. The van der Waals surface area contributed by atoms with E-state index in [0.29, 0.717) is 26.6 Å². The number of H-pyrrole nitrogens is 1. The molecular formula is C10H6ClN5O. The Balaban J connectivity index is 2.28. The third-order valence-electron chi connectivity index (χ3n) is 2.29. The van der Waals surface area contributed by atoms with Crippen molar-refractivity contribution in [1.29, 1.82) is 0 Å². The molecule has 0 aliphatic rings. The predicted molar refractivity (Wildman–Crippen MR) is 61.1 cm³/mol. The van der Waals surface area contributed by atoms with Gasteiger partial charge in [0.2, 0.25) is 5.82 Å². The molecule has 0 saturated heterocycles. The van der Waals surface area contributed by atoms with Crippen molar-refractivity contribution in [2.45, 2.75) is 0 Å². The molecule has 17 heavy (non-hydrogen) atoms. The Kier molecular flexibility index (Phi) is 2.15. The van der Waals surface area contributed by atoms with E-state index in [4.69, 9.17) is 11.6 Å². The molecule has 3 rings (SSSR count). The van der Waals surface area contributed by atoms with Gasteiger partial charge in [-0.05, 0) is 23.0 Å². The highest BCUT2D eigenvalue weighted by atomic mass is 35.5. The second-order valence-corrected chi connectivity index (χ2v) is 3.84. The van der Waals surface area contributed by atoms with Gasteiger partial charge in [0.05, 0.1) is 0 Å². The molecule has 2 aromatic heterocycles. The Bertz CT molecular complexity index is 682. The van der Waals surface area contributed by atoms with Crippen LogP contribution in [-0.2, 0) is 0 Å². The fraction of sp³-hybridized carbons (Fsp3) is 0. The number of nitrogens with one attached hydrogen (secondary N) is 1. The summed E-state index contributed by atoms with van der Waals surface area (Å²) in [4.78, 5) is 4.74. The summed E-state index contributed by atoms with van der Waals surface area (Å²) in [5, 5.41) is 22.5. The standard InChI is InChI=1S/C10H6ClN5O/c11-6-1-2-7-9(5-6)16(17)15-10(13-7)8-3-4-12-14-8/h1-5H,(H,12,14). The zero-order chi connectivity index (χ0) is 11.8. The molecule has 7 heteroatoms. The summed E-state index contributed by atoms with van der Waals surface area (Å²) in [6, 6.07) is 6.56. The maximum atomic E-state index is 11.7. The molecule has 0 saturated carbocycles. The van der Waals surface area contributed by atoms with Gasteiger partial charge in [0.25, 0.3) is 5.52 Å². The van der Waals surface area contributed by atoms with Crippen LogP contribution in [0.5, 0.6) is 0 Å². The number of hydrogen-bond donors (Lipinski definition) is 1. The van der Waals surface area contributed by atoms with E-state index < -0.39 is 0 Å². The molecule has 1 N–H and O–H groups in total. The maximum Gasteiger partial charge on any atom is 0.271 e. The van der Waals surface area contributed by atoms with Gasteiger partial charge >= 0.3 is 0 Å². The maximum absolute atomic E-state index is 11.7. The van der Waals surface area contributed by atoms with E-state index in [1.165, 1.54) is 6.07 Å². The van der Waals surface area contributed by atoms with Crippen molar-refractivity contribution in [2.75, 3.05) is 0 Å². The number of benzene rings is 1. The molecule has 1 aromatic carbocycles. The summed E-state index contributed by atoms with van der Waals surface area (Å²) in [7, 11) is 0. The molecule has 0 radical (unpaired) electrons. The van der Waals surface area contributed by atoms with Crippen LogP contribution in [0.4, 0.5) is 0 Å². The van der Waals surface area contributed by atoms with E-state index >= 15 is 0 Å². The van der Waals surface area contributed by atoms with Crippen molar-refractivity contribution in [3.05, 3.63) is 40.7 Å². The summed E-state index contributed by atoms with van der Waals surface area (Å²) in [5.41, 5.74) is 1.38. The van der Waals surface area contributed by atoms with Gasteiger partial charge in [-0.1, -0.05) is 11.6 Å². The summed E-state index contributed by atoms with van der Waals surface area (Å²) in [6.07, 6.45) is 1.64. The number of aromatic nitrogens is 5. The Morgan fingerprint density at radius 3 is 2.94 bits per heavy atom. The molecule has 0 fully saturated rings. The van der Waals surface area contributed by atoms with Crippen LogP contribution in [0.15, 0.2) is 30.5 Å². The number of hydrogen-bond acceptors (Lipinski definition) is 4. The fourth-order valence-electron chi connectivity index (χ4n) is 1.51. The zero-order valence-corrected chi connectivity index (χ0v) is 9.22. The van der Waals surface area contributed by atoms with Gasteiger partial charge in [0.15, 0.2) is 0 Å². The largest absolute Gasteiger partial charge is 0.594 e. The minimum absolute atomic E-state index is 0.274. The van der Waals surface area contributed by atoms with Crippen LogP contribution in [0.3, 0.4) is 0 Å². The summed E-state index contributed by atoms with van der Waals surface area (Å²) < 4.78 is 0. The molecular weight excluding hydrogens is 242 g/mol. The molecule has 0 aliphatic heterocycles. The fourth-order valence-corrected chi connectivity index (χ4v) is 1.68. The second-order valence-electron chi connectivity index (χ2n) is 3.40. The first-order valence-corrected chi connectivity index (χ1v) is 5.19. The van der Waals surface area contributed by atoms with E-state index in [9.17, 15) is 5.21 Å². The van der Waals surface area contributed by atoms with Gasteiger partial charge in [0.1, 0.15) is 11.2 Å². The summed E-state index contributed by atoms with van der Waals surface area (Å²) in [5.74, 6) is 0.274. The topological polar surface area (TPSA) is 81.4 Å². The van der Waals surface area contributed by atoms with Crippen molar-refractivity contribution < 1.29 is 4.85 Å². The highest BCUT2D eigenvalue weighted by Gasteiger charge is 2.13. The van der Waals surface area contributed by atoms with Crippen LogP contribution in [0.2, 0.25) is 5.02 Å². The SMILES string of the molecule is [O-][n+]1nc(-c2cc[nH]n2)nc2ccc(Cl)cc21. The van der Waals surface area contributed by atoms with Crippen LogP contribution in [0.25, 0.3) is 22.6 Å². The molecule has 0 aliphatic carbocycles. The van der Waals surface area contributed by atoms with Gasteiger partial charge in [0, 0.05) is 22.4 Å². The van der Waals surface area contributed by atoms with Gasteiger partial charge < -0.3 is 5.21 Å². The van der Waals surface area contributed by atoms with E-state index in [-0.39, 0.29) is 5.82 Å². The monoisotopic (exact) mass is 247 g/mol. The smallest absolute Gasteiger partial charge is 0.271 e. The lowest BCUT2D eigenvalue weighted by molar-refractivity contribution is -0.642. The molecule has 0 bridgehead atoms. The van der Waals surface area contributed by atoms with Crippen LogP contribution in [0.1, 0.15) is 0 Å². The van der Waals surface area contributed by atoms with Crippen LogP contribution < -0.4 is 4.85 Å². The van der Waals surface area contributed by atoms with Gasteiger partial charge in [-0.2, -0.15) is 5.10 Å². The van der Waals surface area contributed by atoms with Crippen molar-refractivity contribution >= 4 is 22.6 Å². The molecule has 0 unspecified atom stereocenters. The molecule has 3 aromatic rings. The highest BCUT2D eigenvalue weighted by molar-refractivity contribution is 6.31. The Labute approximate surface area is 100 Å². The normalized spacial score (nSPS) is 10.9. The number of halogens is 1. The molecule has 0 amide bonds. The first-order chi connectivity index (χ1) is 8.24. The molecule has 84 valence electrons. The number of rotatable bonds is 1.